The summed E-state index contributed by atoms with van der Waals surface area (Å²) in [7, 11) is 0. The molecule has 0 radical (unpaired) electrons. The summed E-state index contributed by atoms with van der Waals surface area (Å²) >= 11 is 5.96. The molecule has 140 valence electrons. The van der Waals surface area contributed by atoms with E-state index in [1.807, 2.05) is 19.9 Å². The molecule has 1 atom stereocenters. The Labute approximate surface area is 161 Å². The number of carbonyl (C=O) groups is 1. The van der Waals surface area contributed by atoms with Crippen molar-refractivity contribution in [3.05, 3.63) is 58.9 Å². The third kappa shape index (κ3) is 4.77. The van der Waals surface area contributed by atoms with Crippen molar-refractivity contribution >= 4 is 17.5 Å². The van der Waals surface area contributed by atoms with Crippen molar-refractivity contribution in [2.75, 3.05) is 6.61 Å². The number of amides is 1. The normalized spacial score (nSPS) is 11.8. The number of aryl methyl sites for hydroxylation is 1. The lowest BCUT2D eigenvalue weighted by atomic mass is 10.2. The van der Waals surface area contributed by atoms with Gasteiger partial charge in [0.25, 0.3) is 11.8 Å². The second-order valence-corrected chi connectivity index (χ2v) is 6.34. The molecule has 0 aliphatic heterocycles. The van der Waals surface area contributed by atoms with Crippen molar-refractivity contribution in [1.29, 1.82) is 0 Å². The van der Waals surface area contributed by atoms with Crippen LogP contribution < -0.4 is 15.2 Å². The Kier molecular flexibility index (Phi) is 5.61. The first-order valence-corrected chi connectivity index (χ1v) is 8.58. The molecule has 0 fully saturated rings. The van der Waals surface area contributed by atoms with Gasteiger partial charge in [0.05, 0.1) is 0 Å². The van der Waals surface area contributed by atoms with Crippen molar-refractivity contribution in [3.63, 3.8) is 0 Å². The van der Waals surface area contributed by atoms with Crippen LogP contribution in [0.1, 0.15) is 24.5 Å². The fraction of sp³-hybridized carbons (Fsp3) is 0.211. The maximum Gasteiger partial charge on any atom is 0.267 e. The van der Waals surface area contributed by atoms with Crippen LogP contribution in [0.3, 0.4) is 0 Å². The molecular formula is C19H18ClN3O4. The van der Waals surface area contributed by atoms with Gasteiger partial charge in [-0.15, -0.1) is 0 Å². The second kappa shape index (κ2) is 8.09. The topological polar surface area (TPSA) is 100 Å². The van der Waals surface area contributed by atoms with Crippen LogP contribution in [-0.2, 0) is 4.79 Å². The molecule has 8 heteroatoms. The smallest absolute Gasteiger partial charge is 0.267 e. The van der Waals surface area contributed by atoms with Crippen molar-refractivity contribution < 1.29 is 18.8 Å². The number of ether oxygens (including phenoxy) is 2. The second-order valence-electron chi connectivity index (χ2n) is 5.91. The Balaban J connectivity index is 1.69. The lowest BCUT2D eigenvalue weighted by Crippen LogP contribution is -2.19. The molecule has 3 aromatic rings. The monoisotopic (exact) mass is 387 g/mol. The first-order valence-electron chi connectivity index (χ1n) is 8.20. The Hall–Kier alpha value is -3.06. The number of benzene rings is 2. The summed E-state index contributed by atoms with van der Waals surface area (Å²) in [6.07, 6.45) is -0.427. The first kappa shape index (κ1) is 18.7. The van der Waals surface area contributed by atoms with Crippen LogP contribution in [-0.4, -0.2) is 22.7 Å². The molecule has 0 bridgehead atoms. The fourth-order valence-corrected chi connectivity index (χ4v) is 2.58. The van der Waals surface area contributed by atoms with E-state index in [2.05, 4.69) is 10.1 Å². The van der Waals surface area contributed by atoms with Gasteiger partial charge in [-0.2, -0.15) is 4.98 Å². The molecule has 1 aromatic heterocycles. The number of halogens is 1. The number of carbonyl (C=O) groups excluding carboxylic acids is 1. The standard InChI is InChI=1S/C19H18ClN3O4/c1-11-9-14(20)5-8-16(11)26-12(2)19-22-18(23-27-19)13-3-6-15(7-4-13)25-10-17(21)24/h3-9,12H,10H2,1-2H3,(H2,21,24)/t12-/m0/s1. The molecule has 0 aliphatic carbocycles. The summed E-state index contributed by atoms with van der Waals surface area (Å²) in [5.74, 6) is 1.47. The number of aromatic nitrogens is 2. The quantitative estimate of drug-likeness (QED) is 0.663. The number of primary amides is 1. The molecule has 2 N–H and O–H groups in total. The maximum absolute atomic E-state index is 10.7. The minimum Gasteiger partial charge on any atom is -0.484 e. The van der Waals surface area contributed by atoms with E-state index in [9.17, 15) is 4.79 Å². The lowest BCUT2D eigenvalue weighted by Gasteiger charge is -2.13. The Bertz CT molecular complexity index is 940. The van der Waals surface area contributed by atoms with Gasteiger partial charge in [-0.25, -0.2) is 0 Å². The maximum atomic E-state index is 10.7. The number of hydrogen-bond acceptors (Lipinski definition) is 6. The highest BCUT2D eigenvalue weighted by molar-refractivity contribution is 6.30. The van der Waals surface area contributed by atoms with Crippen LogP contribution >= 0.6 is 11.6 Å². The van der Waals surface area contributed by atoms with E-state index in [1.54, 1.807) is 36.4 Å². The molecule has 0 aliphatic rings. The van der Waals surface area contributed by atoms with Crippen molar-refractivity contribution in [2.45, 2.75) is 20.0 Å². The zero-order valence-electron chi connectivity index (χ0n) is 14.8. The molecule has 0 saturated carbocycles. The molecule has 3 rings (SSSR count). The zero-order chi connectivity index (χ0) is 19.4. The average molecular weight is 388 g/mol. The van der Waals surface area contributed by atoms with E-state index in [0.717, 1.165) is 11.1 Å². The third-order valence-corrected chi connectivity index (χ3v) is 3.96. The SMILES string of the molecule is Cc1cc(Cl)ccc1O[C@@H](C)c1nc(-c2ccc(OCC(N)=O)cc2)no1. The fourth-order valence-electron chi connectivity index (χ4n) is 2.36. The summed E-state index contributed by atoms with van der Waals surface area (Å²) in [5, 5.41) is 4.64. The summed E-state index contributed by atoms with van der Waals surface area (Å²) in [4.78, 5) is 15.1. The summed E-state index contributed by atoms with van der Waals surface area (Å²) in [6.45, 7) is 3.56. The van der Waals surface area contributed by atoms with Crippen LogP contribution in [0, 0.1) is 6.92 Å². The van der Waals surface area contributed by atoms with Crippen molar-refractivity contribution in [1.82, 2.24) is 10.1 Å². The molecule has 2 aromatic carbocycles. The van der Waals surface area contributed by atoms with Gasteiger partial charge in [0, 0.05) is 10.6 Å². The van der Waals surface area contributed by atoms with Gasteiger partial charge in [-0.3, -0.25) is 4.79 Å². The van der Waals surface area contributed by atoms with Crippen molar-refractivity contribution in [2.24, 2.45) is 5.73 Å². The minimum atomic E-state index is -0.535. The van der Waals surface area contributed by atoms with Crippen LogP contribution in [0.25, 0.3) is 11.4 Å². The van der Waals surface area contributed by atoms with Gasteiger partial charge < -0.3 is 19.7 Å². The van der Waals surface area contributed by atoms with Gasteiger partial charge >= 0.3 is 0 Å². The molecule has 27 heavy (non-hydrogen) atoms. The lowest BCUT2D eigenvalue weighted by molar-refractivity contribution is -0.119. The summed E-state index contributed by atoms with van der Waals surface area (Å²) in [5.41, 5.74) is 6.71. The summed E-state index contributed by atoms with van der Waals surface area (Å²) in [6, 6.07) is 12.3. The van der Waals surface area contributed by atoms with E-state index in [-0.39, 0.29) is 6.61 Å². The Morgan fingerprint density at radius 2 is 2.00 bits per heavy atom. The van der Waals surface area contributed by atoms with Gasteiger partial charge in [0.15, 0.2) is 12.7 Å². The number of nitrogens with two attached hydrogens (primary N) is 1. The highest BCUT2D eigenvalue weighted by Gasteiger charge is 2.18. The first-order chi connectivity index (χ1) is 12.9. The molecule has 0 saturated heterocycles. The predicted molar refractivity (Wildman–Crippen MR) is 99.7 cm³/mol. The molecular weight excluding hydrogens is 370 g/mol. The number of hydrogen-bond donors (Lipinski definition) is 1. The molecule has 0 spiro atoms. The van der Waals surface area contributed by atoms with Gasteiger partial charge in [-0.1, -0.05) is 16.8 Å². The number of nitrogens with zero attached hydrogens (tertiary/aromatic N) is 2. The van der Waals surface area contributed by atoms with E-state index in [0.29, 0.717) is 28.2 Å². The number of rotatable bonds is 7. The Morgan fingerprint density at radius 1 is 1.26 bits per heavy atom. The molecule has 1 amide bonds. The molecule has 0 unspecified atom stereocenters. The minimum absolute atomic E-state index is 0.176. The van der Waals surface area contributed by atoms with Crippen LogP contribution in [0.5, 0.6) is 11.5 Å². The van der Waals surface area contributed by atoms with E-state index >= 15 is 0 Å². The van der Waals surface area contributed by atoms with Gasteiger partial charge in [0.2, 0.25) is 5.82 Å². The van der Waals surface area contributed by atoms with E-state index in [1.165, 1.54) is 0 Å². The molecule has 1 heterocycles. The van der Waals surface area contributed by atoms with E-state index < -0.39 is 12.0 Å². The average Bonchev–Trinajstić information content (AvgIpc) is 3.13. The van der Waals surface area contributed by atoms with Gasteiger partial charge in [0.1, 0.15) is 11.5 Å². The Morgan fingerprint density at radius 3 is 2.67 bits per heavy atom. The van der Waals surface area contributed by atoms with Crippen LogP contribution in [0.4, 0.5) is 0 Å². The van der Waals surface area contributed by atoms with E-state index in [4.69, 9.17) is 31.3 Å². The van der Waals surface area contributed by atoms with Crippen molar-refractivity contribution in [3.8, 4) is 22.9 Å². The van der Waals surface area contributed by atoms with Crippen LogP contribution in [0.2, 0.25) is 5.02 Å². The third-order valence-electron chi connectivity index (χ3n) is 3.72. The molecule has 7 nitrogen and oxygen atoms in total. The highest BCUT2D eigenvalue weighted by atomic mass is 35.5. The zero-order valence-corrected chi connectivity index (χ0v) is 15.6. The van der Waals surface area contributed by atoms with Gasteiger partial charge in [-0.05, 0) is 61.9 Å². The summed E-state index contributed by atoms with van der Waals surface area (Å²) < 4.78 is 16.4. The highest BCUT2D eigenvalue weighted by Crippen LogP contribution is 2.28. The largest absolute Gasteiger partial charge is 0.484 e. The predicted octanol–water partition coefficient (Wildman–Crippen LogP) is 3.70. The van der Waals surface area contributed by atoms with Crippen LogP contribution in [0.15, 0.2) is 47.0 Å².